The van der Waals surface area contributed by atoms with Gasteiger partial charge in [-0.3, -0.25) is 20.4 Å². The number of methoxy groups -OCH3 is 1. The highest BCUT2D eigenvalue weighted by molar-refractivity contribution is 9.10. The topological polar surface area (TPSA) is 83.2 Å². The number of halogens is 1. The van der Waals surface area contributed by atoms with Crippen LogP contribution in [0.3, 0.4) is 0 Å². The van der Waals surface area contributed by atoms with E-state index in [1.54, 1.807) is 24.4 Å². The van der Waals surface area contributed by atoms with E-state index in [1.165, 1.54) is 7.11 Å². The first kappa shape index (κ1) is 17.0. The Balaban J connectivity index is 1.63. The summed E-state index contributed by atoms with van der Waals surface area (Å²) in [5.41, 5.74) is 7.05. The first-order valence-corrected chi connectivity index (χ1v) is 8.35. The fourth-order valence-corrected chi connectivity index (χ4v) is 2.92. The number of hydrogen-bond donors (Lipinski definition) is 3. The van der Waals surface area contributed by atoms with Crippen molar-refractivity contribution in [1.82, 2.24) is 15.8 Å². The van der Waals surface area contributed by atoms with Gasteiger partial charge in [0.05, 0.1) is 19.1 Å². The summed E-state index contributed by atoms with van der Waals surface area (Å²) in [6.45, 7) is 0. The summed E-state index contributed by atoms with van der Waals surface area (Å²) in [4.78, 5) is 27.5. The molecule has 3 N–H and O–H groups in total. The average molecular weight is 402 g/mol. The van der Waals surface area contributed by atoms with Crippen molar-refractivity contribution in [2.75, 3.05) is 7.11 Å². The Hall–Kier alpha value is -2.80. The molecule has 1 aromatic heterocycles. The Kier molecular flexibility index (Phi) is 5.04. The summed E-state index contributed by atoms with van der Waals surface area (Å²) in [6.07, 6.45) is 1.95. The molecule has 0 saturated carbocycles. The number of carbonyl (C=O) groups excluding carboxylic acids is 2. The zero-order valence-electron chi connectivity index (χ0n) is 13.4. The molecule has 0 aliphatic carbocycles. The molecule has 128 valence electrons. The molecule has 2 aromatic carbocycles. The summed E-state index contributed by atoms with van der Waals surface area (Å²) in [7, 11) is 1.52. The van der Waals surface area contributed by atoms with Crippen molar-refractivity contribution in [2.45, 2.75) is 6.42 Å². The molecule has 6 nitrogen and oxygen atoms in total. The van der Waals surface area contributed by atoms with Gasteiger partial charge in [-0.25, -0.2) is 0 Å². The quantitative estimate of drug-likeness (QED) is 0.587. The van der Waals surface area contributed by atoms with Gasteiger partial charge in [-0.2, -0.15) is 0 Å². The molecule has 0 atom stereocenters. The maximum Gasteiger partial charge on any atom is 0.270 e. The summed E-state index contributed by atoms with van der Waals surface area (Å²) < 4.78 is 5.71. The lowest BCUT2D eigenvalue weighted by Gasteiger charge is -2.09. The molecule has 0 radical (unpaired) electrons. The molecule has 7 heteroatoms. The van der Waals surface area contributed by atoms with E-state index < -0.39 is 5.91 Å². The lowest BCUT2D eigenvalue weighted by Crippen LogP contribution is -2.42. The van der Waals surface area contributed by atoms with Crippen LogP contribution < -0.4 is 15.6 Å². The number of carbonyl (C=O) groups is 2. The highest BCUT2D eigenvalue weighted by Crippen LogP contribution is 2.22. The molecule has 25 heavy (non-hydrogen) atoms. The summed E-state index contributed by atoms with van der Waals surface area (Å²) in [6, 6.07) is 12.8. The Morgan fingerprint density at radius 3 is 2.76 bits per heavy atom. The lowest BCUT2D eigenvalue weighted by atomic mass is 10.1. The van der Waals surface area contributed by atoms with Crippen LogP contribution in [-0.4, -0.2) is 23.9 Å². The van der Waals surface area contributed by atoms with E-state index in [4.69, 9.17) is 4.74 Å². The second-order valence-electron chi connectivity index (χ2n) is 5.38. The number of hydrogen-bond acceptors (Lipinski definition) is 3. The van der Waals surface area contributed by atoms with Gasteiger partial charge in [0.2, 0.25) is 5.91 Å². The van der Waals surface area contributed by atoms with Crippen LogP contribution in [0.1, 0.15) is 15.9 Å². The van der Waals surface area contributed by atoms with Crippen molar-refractivity contribution in [1.29, 1.82) is 0 Å². The van der Waals surface area contributed by atoms with Crippen LogP contribution >= 0.6 is 15.9 Å². The summed E-state index contributed by atoms with van der Waals surface area (Å²) in [5, 5.41) is 0.986. The van der Waals surface area contributed by atoms with Gasteiger partial charge >= 0.3 is 0 Å². The van der Waals surface area contributed by atoms with Gasteiger partial charge in [0.25, 0.3) is 5.91 Å². The monoisotopic (exact) mass is 401 g/mol. The lowest BCUT2D eigenvalue weighted by molar-refractivity contribution is -0.121. The number of ether oxygens (including phenoxy) is 1. The number of para-hydroxylation sites is 1. The second kappa shape index (κ2) is 7.40. The molecule has 2 amide bonds. The van der Waals surface area contributed by atoms with Crippen LogP contribution in [0.15, 0.2) is 53.1 Å². The summed E-state index contributed by atoms with van der Waals surface area (Å²) >= 11 is 3.31. The number of aromatic nitrogens is 1. The number of nitrogens with one attached hydrogen (secondary N) is 3. The molecule has 0 saturated heterocycles. The third-order valence-corrected chi connectivity index (χ3v) is 4.45. The Labute approximate surface area is 152 Å². The third kappa shape index (κ3) is 3.83. The normalized spacial score (nSPS) is 10.5. The zero-order valence-corrected chi connectivity index (χ0v) is 15.0. The van der Waals surface area contributed by atoms with E-state index in [1.807, 2.05) is 24.3 Å². The molecular formula is C18H16BrN3O3. The SMILES string of the molecule is COc1ccc(Br)c(C(=O)NNC(=O)Cc2c[nH]c3ccccc23)c1. The maximum atomic E-state index is 12.2. The number of benzene rings is 2. The van der Waals surface area contributed by atoms with Crippen molar-refractivity contribution in [2.24, 2.45) is 0 Å². The fraction of sp³-hybridized carbons (Fsp3) is 0.111. The van der Waals surface area contributed by atoms with Crippen molar-refractivity contribution < 1.29 is 14.3 Å². The van der Waals surface area contributed by atoms with E-state index in [0.29, 0.717) is 15.8 Å². The Morgan fingerprint density at radius 1 is 1.16 bits per heavy atom. The number of hydrazine groups is 1. The van der Waals surface area contributed by atoms with Crippen LogP contribution in [0, 0.1) is 0 Å². The largest absolute Gasteiger partial charge is 0.497 e. The third-order valence-electron chi connectivity index (χ3n) is 3.76. The Bertz CT molecular complexity index is 936. The first-order valence-electron chi connectivity index (χ1n) is 7.56. The number of rotatable bonds is 4. The number of aromatic amines is 1. The van der Waals surface area contributed by atoms with Crippen molar-refractivity contribution >= 4 is 38.6 Å². The van der Waals surface area contributed by atoms with Gasteiger partial charge in [-0.05, 0) is 45.8 Å². The Morgan fingerprint density at radius 2 is 1.96 bits per heavy atom. The highest BCUT2D eigenvalue weighted by atomic mass is 79.9. The maximum absolute atomic E-state index is 12.2. The molecule has 1 heterocycles. The zero-order chi connectivity index (χ0) is 17.8. The predicted molar refractivity (Wildman–Crippen MR) is 98.3 cm³/mol. The van der Waals surface area contributed by atoms with Crippen LogP contribution in [0.5, 0.6) is 5.75 Å². The smallest absolute Gasteiger partial charge is 0.270 e. The van der Waals surface area contributed by atoms with E-state index in [2.05, 4.69) is 31.8 Å². The highest BCUT2D eigenvalue weighted by Gasteiger charge is 2.13. The minimum atomic E-state index is -0.432. The number of fused-ring (bicyclic) bond motifs is 1. The van der Waals surface area contributed by atoms with E-state index in [9.17, 15) is 9.59 Å². The van der Waals surface area contributed by atoms with Gasteiger partial charge in [-0.15, -0.1) is 0 Å². The van der Waals surface area contributed by atoms with Crippen LogP contribution in [0.2, 0.25) is 0 Å². The minimum Gasteiger partial charge on any atom is -0.497 e. The standard InChI is InChI=1S/C18H16BrN3O3/c1-25-12-6-7-15(19)14(9-12)18(24)22-21-17(23)8-11-10-20-16-5-3-2-4-13(11)16/h2-7,9-10,20H,8H2,1H3,(H,21,23)(H,22,24). The molecule has 0 aliphatic heterocycles. The first-order chi connectivity index (χ1) is 12.1. The van der Waals surface area contributed by atoms with E-state index in [-0.39, 0.29) is 12.3 Å². The molecule has 0 unspecified atom stereocenters. The van der Waals surface area contributed by atoms with Crippen molar-refractivity contribution in [3.05, 3.63) is 64.3 Å². The molecule has 0 aliphatic rings. The molecule has 0 bridgehead atoms. The summed E-state index contributed by atoms with van der Waals surface area (Å²) in [5.74, 6) is -0.186. The van der Waals surface area contributed by atoms with E-state index in [0.717, 1.165) is 16.5 Å². The average Bonchev–Trinajstić information content (AvgIpc) is 3.03. The van der Waals surface area contributed by atoms with Gasteiger partial charge < -0.3 is 9.72 Å². The molecule has 3 aromatic rings. The van der Waals surface area contributed by atoms with Crippen molar-refractivity contribution in [3.8, 4) is 5.75 Å². The van der Waals surface area contributed by atoms with Crippen LogP contribution in [0.25, 0.3) is 10.9 Å². The fourth-order valence-electron chi connectivity index (χ4n) is 2.49. The molecule has 0 fully saturated rings. The second-order valence-corrected chi connectivity index (χ2v) is 6.24. The van der Waals surface area contributed by atoms with Crippen LogP contribution in [0.4, 0.5) is 0 Å². The molecule has 3 rings (SSSR count). The van der Waals surface area contributed by atoms with Crippen LogP contribution in [-0.2, 0) is 11.2 Å². The predicted octanol–water partition coefficient (Wildman–Crippen LogP) is 2.94. The van der Waals surface area contributed by atoms with Crippen molar-refractivity contribution in [3.63, 3.8) is 0 Å². The van der Waals surface area contributed by atoms with Gasteiger partial charge in [-0.1, -0.05) is 18.2 Å². The van der Waals surface area contributed by atoms with Gasteiger partial charge in [0.1, 0.15) is 5.75 Å². The number of H-pyrrole nitrogens is 1. The van der Waals surface area contributed by atoms with Gasteiger partial charge in [0.15, 0.2) is 0 Å². The molecular weight excluding hydrogens is 386 g/mol. The van der Waals surface area contributed by atoms with Gasteiger partial charge in [0, 0.05) is 21.6 Å². The minimum absolute atomic E-state index is 0.156. The van der Waals surface area contributed by atoms with E-state index >= 15 is 0 Å². The number of amides is 2. The molecule has 0 spiro atoms.